The third-order valence-corrected chi connectivity index (χ3v) is 2.41. The Morgan fingerprint density at radius 1 is 0.643 bits per heavy atom. The van der Waals surface area contributed by atoms with Gasteiger partial charge in [0.25, 0.3) is 0 Å². The zero-order valence-corrected chi connectivity index (χ0v) is 10.1. The molecule has 86 valence electrons. The molecule has 0 spiro atoms. The molecule has 2 N–H and O–H groups in total. The average Bonchev–Trinajstić information content (AvgIpc) is 2.21. The van der Waals surface area contributed by atoms with Gasteiger partial charge >= 0.3 is 0 Å². The zero-order chi connectivity index (χ0) is 10.5. The minimum absolute atomic E-state index is 1.11. The van der Waals surface area contributed by atoms with Crippen LogP contribution in [0.2, 0.25) is 0 Å². The summed E-state index contributed by atoms with van der Waals surface area (Å²) in [6.07, 6.45) is 8.06. The van der Waals surface area contributed by atoms with Crippen LogP contribution in [0, 0.1) is 0 Å². The van der Waals surface area contributed by atoms with Gasteiger partial charge in [0.05, 0.1) is 0 Å². The summed E-state index contributed by atoms with van der Waals surface area (Å²) >= 11 is 0. The molecule has 0 aromatic rings. The molecule has 0 bridgehead atoms. The van der Waals surface area contributed by atoms with Crippen LogP contribution in [0.25, 0.3) is 0 Å². The Bertz CT molecular complexity index is 82.3. The molecule has 0 amide bonds. The van der Waals surface area contributed by atoms with Gasteiger partial charge in [0, 0.05) is 0 Å². The van der Waals surface area contributed by atoms with Crippen LogP contribution < -0.4 is 10.6 Å². The first-order valence-electron chi connectivity index (χ1n) is 6.33. The zero-order valence-electron chi connectivity index (χ0n) is 10.1. The molecular weight excluding hydrogens is 172 g/mol. The van der Waals surface area contributed by atoms with E-state index in [2.05, 4.69) is 24.5 Å². The van der Waals surface area contributed by atoms with Crippen molar-refractivity contribution in [2.24, 2.45) is 0 Å². The maximum atomic E-state index is 3.47. The maximum Gasteiger partial charge on any atom is -0.00489 e. The topological polar surface area (TPSA) is 24.1 Å². The van der Waals surface area contributed by atoms with Crippen molar-refractivity contribution in [3.05, 3.63) is 0 Å². The molecule has 2 heteroatoms. The second kappa shape index (κ2) is 12.9. The quantitative estimate of drug-likeness (QED) is 0.501. The lowest BCUT2D eigenvalue weighted by Crippen LogP contribution is -2.16. The number of rotatable bonds is 11. The van der Waals surface area contributed by atoms with Gasteiger partial charge in [-0.15, -0.1) is 0 Å². The first-order valence-corrected chi connectivity index (χ1v) is 6.33. The number of hydrogen-bond donors (Lipinski definition) is 2. The molecule has 0 radical (unpaired) electrons. The lowest BCUT2D eigenvalue weighted by molar-refractivity contribution is 0.561. The van der Waals surface area contributed by atoms with Crippen molar-refractivity contribution in [1.29, 1.82) is 0 Å². The SMILES string of the molecule is CCCCNCCCCCCNCC. The monoisotopic (exact) mass is 200 g/mol. The number of hydrogen-bond acceptors (Lipinski definition) is 2. The summed E-state index contributed by atoms with van der Waals surface area (Å²) < 4.78 is 0. The number of nitrogens with one attached hydrogen (secondary N) is 2. The van der Waals surface area contributed by atoms with E-state index in [0.29, 0.717) is 0 Å². The van der Waals surface area contributed by atoms with E-state index in [4.69, 9.17) is 0 Å². The highest BCUT2D eigenvalue weighted by Crippen LogP contribution is 1.97. The van der Waals surface area contributed by atoms with Crippen LogP contribution in [0.5, 0.6) is 0 Å². The molecule has 0 aliphatic rings. The molecule has 2 nitrogen and oxygen atoms in total. The van der Waals surface area contributed by atoms with Gasteiger partial charge in [-0.25, -0.2) is 0 Å². The molecule has 0 saturated carbocycles. The van der Waals surface area contributed by atoms with Crippen molar-refractivity contribution in [2.45, 2.75) is 52.4 Å². The molecule has 0 aliphatic heterocycles. The van der Waals surface area contributed by atoms with Crippen molar-refractivity contribution in [3.63, 3.8) is 0 Å². The van der Waals surface area contributed by atoms with Crippen LogP contribution in [0.4, 0.5) is 0 Å². The molecule has 0 aromatic carbocycles. The fourth-order valence-electron chi connectivity index (χ4n) is 1.46. The molecule has 0 saturated heterocycles. The first-order chi connectivity index (χ1) is 6.91. The molecule has 14 heavy (non-hydrogen) atoms. The van der Waals surface area contributed by atoms with Gasteiger partial charge in [-0.1, -0.05) is 33.1 Å². The highest BCUT2D eigenvalue weighted by atomic mass is 14.8. The van der Waals surface area contributed by atoms with Gasteiger partial charge < -0.3 is 10.6 Å². The fourth-order valence-corrected chi connectivity index (χ4v) is 1.46. The van der Waals surface area contributed by atoms with Crippen LogP contribution in [-0.4, -0.2) is 26.2 Å². The average molecular weight is 200 g/mol. The van der Waals surface area contributed by atoms with Crippen molar-refractivity contribution in [1.82, 2.24) is 10.6 Å². The van der Waals surface area contributed by atoms with E-state index in [1.54, 1.807) is 0 Å². The van der Waals surface area contributed by atoms with Crippen LogP contribution in [0.15, 0.2) is 0 Å². The molecule has 0 heterocycles. The summed E-state index contributed by atoms with van der Waals surface area (Å²) in [5.74, 6) is 0. The summed E-state index contributed by atoms with van der Waals surface area (Å²) in [5.41, 5.74) is 0. The fraction of sp³-hybridized carbons (Fsp3) is 1.00. The lowest BCUT2D eigenvalue weighted by atomic mass is 10.2. The van der Waals surface area contributed by atoms with Gasteiger partial charge in [0.2, 0.25) is 0 Å². The largest absolute Gasteiger partial charge is 0.317 e. The third kappa shape index (κ3) is 11.9. The Kier molecular flexibility index (Phi) is 12.8. The number of unbranched alkanes of at least 4 members (excludes halogenated alkanes) is 4. The summed E-state index contributed by atoms with van der Waals surface area (Å²) in [6.45, 7) is 9.12. The minimum atomic E-state index is 1.11. The van der Waals surface area contributed by atoms with E-state index >= 15 is 0 Å². The molecule has 0 atom stereocenters. The maximum absolute atomic E-state index is 3.47. The highest BCUT2D eigenvalue weighted by Gasteiger charge is 1.90. The Balaban J connectivity index is 2.78. The van der Waals surface area contributed by atoms with Crippen molar-refractivity contribution in [2.75, 3.05) is 26.2 Å². The predicted octanol–water partition coefficient (Wildman–Crippen LogP) is 2.55. The van der Waals surface area contributed by atoms with Gasteiger partial charge in [-0.3, -0.25) is 0 Å². The van der Waals surface area contributed by atoms with Gasteiger partial charge in [0.1, 0.15) is 0 Å². The summed E-state index contributed by atoms with van der Waals surface area (Å²) in [6, 6.07) is 0. The summed E-state index contributed by atoms with van der Waals surface area (Å²) in [5, 5.41) is 6.82. The van der Waals surface area contributed by atoms with Gasteiger partial charge in [0.15, 0.2) is 0 Å². The van der Waals surface area contributed by atoms with E-state index < -0.39 is 0 Å². The molecule has 0 aliphatic carbocycles. The lowest BCUT2D eigenvalue weighted by Gasteiger charge is -2.04. The minimum Gasteiger partial charge on any atom is -0.317 e. The van der Waals surface area contributed by atoms with Crippen molar-refractivity contribution in [3.8, 4) is 0 Å². The predicted molar refractivity (Wildman–Crippen MR) is 64.8 cm³/mol. The first kappa shape index (κ1) is 13.9. The molecule has 0 rings (SSSR count). The second-order valence-electron chi connectivity index (χ2n) is 3.87. The molecule has 0 fully saturated rings. The smallest absolute Gasteiger partial charge is 0.00489 e. The van der Waals surface area contributed by atoms with Crippen molar-refractivity contribution < 1.29 is 0 Å². The van der Waals surface area contributed by atoms with E-state index in [1.807, 2.05) is 0 Å². The second-order valence-corrected chi connectivity index (χ2v) is 3.87. The van der Waals surface area contributed by atoms with Gasteiger partial charge in [-0.05, 0) is 45.4 Å². The Hall–Kier alpha value is -0.0800. The van der Waals surface area contributed by atoms with Crippen LogP contribution in [0.3, 0.4) is 0 Å². The summed E-state index contributed by atoms with van der Waals surface area (Å²) in [7, 11) is 0. The van der Waals surface area contributed by atoms with Crippen LogP contribution in [-0.2, 0) is 0 Å². The normalized spacial score (nSPS) is 10.7. The Labute approximate surface area is 89.9 Å². The Morgan fingerprint density at radius 2 is 1.21 bits per heavy atom. The van der Waals surface area contributed by atoms with Crippen LogP contribution >= 0.6 is 0 Å². The molecular formula is C12H28N2. The van der Waals surface area contributed by atoms with E-state index in [0.717, 1.165) is 6.54 Å². The highest BCUT2D eigenvalue weighted by molar-refractivity contribution is 4.50. The molecule has 0 unspecified atom stereocenters. The summed E-state index contributed by atoms with van der Waals surface area (Å²) in [4.78, 5) is 0. The molecule has 0 aromatic heterocycles. The van der Waals surface area contributed by atoms with E-state index in [-0.39, 0.29) is 0 Å². The van der Waals surface area contributed by atoms with Gasteiger partial charge in [-0.2, -0.15) is 0 Å². The van der Waals surface area contributed by atoms with Crippen LogP contribution in [0.1, 0.15) is 52.4 Å². The van der Waals surface area contributed by atoms with E-state index in [1.165, 1.54) is 58.2 Å². The Morgan fingerprint density at radius 3 is 1.79 bits per heavy atom. The standard InChI is InChI=1S/C12H28N2/c1-3-5-10-14-12-9-7-6-8-11-13-4-2/h13-14H,3-12H2,1-2H3. The van der Waals surface area contributed by atoms with Crippen molar-refractivity contribution >= 4 is 0 Å². The third-order valence-electron chi connectivity index (χ3n) is 2.41. The van der Waals surface area contributed by atoms with E-state index in [9.17, 15) is 0 Å².